The van der Waals surface area contributed by atoms with E-state index in [-0.39, 0.29) is 5.43 Å². The number of pyridine rings is 2. The number of H-pyrrole nitrogens is 1. The third-order valence-electron chi connectivity index (χ3n) is 2.49. The number of rotatable bonds is 4. The summed E-state index contributed by atoms with van der Waals surface area (Å²) in [6.45, 7) is 5.54. The summed E-state index contributed by atoms with van der Waals surface area (Å²) in [5, 5.41) is 2.36. The van der Waals surface area contributed by atoms with Crippen molar-refractivity contribution in [3.05, 3.63) is 58.1 Å². The van der Waals surface area contributed by atoms with Gasteiger partial charge in [0.15, 0.2) is 5.43 Å². The molecule has 0 atom stereocenters. The van der Waals surface area contributed by atoms with Crippen LogP contribution in [0.15, 0.2) is 46.9 Å². The summed E-state index contributed by atoms with van der Waals surface area (Å²) in [7, 11) is 0. The molecule has 98 valence electrons. The quantitative estimate of drug-likeness (QED) is 0.688. The van der Waals surface area contributed by atoms with E-state index in [0.717, 1.165) is 5.69 Å². The number of fused-ring (bicyclic) bond motifs is 1. The molecule has 0 saturated carbocycles. The van der Waals surface area contributed by atoms with Crippen molar-refractivity contribution in [2.75, 3.05) is 6.26 Å². The number of nitrogens with one attached hydrogen (secondary N) is 1. The zero-order chi connectivity index (χ0) is 13.8. The molecule has 0 aliphatic heterocycles. The van der Waals surface area contributed by atoms with Crippen molar-refractivity contribution in [1.82, 2.24) is 9.97 Å². The van der Waals surface area contributed by atoms with Gasteiger partial charge in [-0.3, -0.25) is 9.78 Å². The molecule has 0 saturated heterocycles. The molecule has 0 unspecified atom stereocenters. The van der Waals surface area contributed by atoms with E-state index < -0.39 is 0 Å². The molecule has 0 radical (unpaired) electrons. The lowest BCUT2D eigenvalue weighted by Crippen LogP contribution is -2.05. The van der Waals surface area contributed by atoms with Crippen LogP contribution in [0.2, 0.25) is 0 Å². The number of hydrogen-bond donors (Lipinski definition) is 1. The maximum absolute atomic E-state index is 11.9. The second-order valence-corrected chi connectivity index (χ2v) is 4.64. The van der Waals surface area contributed by atoms with Gasteiger partial charge in [-0.2, -0.15) is 0 Å². The molecule has 2 aromatic rings. The highest BCUT2D eigenvalue weighted by atomic mass is 32.2. The molecule has 0 aromatic carbocycles. The van der Waals surface area contributed by atoms with Gasteiger partial charge in [0.1, 0.15) is 5.76 Å². The maximum Gasteiger partial charge on any atom is 0.201 e. The van der Waals surface area contributed by atoms with Crippen LogP contribution < -0.4 is 10.2 Å². The number of hydrogen-bond acceptors (Lipinski definition) is 4. The first kappa shape index (κ1) is 13.4. The van der Waals surface area contributed by atoms with E-state index in [1.165, 1.54) is 17.8 Å². The topological polar surface area (TPSA) is 55.0 Å². The second kappa shape index (κ2) is 5.75. The maximum atomic E-state index is 11.9. The molecular formula is C14H14N2O2S. The number of aromatic nitrogens is 2. The normalized spacial score (nSPS) is 11.6. The van der Waals surface area contributed by atoms with Crippen molar-refractivity contribution >= 4 is 22.7 Å². The van der Waals surface area contributed by atoms with Crippen molar-refractivity contribution in [1.29, 1.82) is 0 Å². The lowest BCUT2D eigenvalue weighted by Gasteiger charge is -2.07. The Balaban J connectivity index is 2.48. The van der Waals surface area contributed by atoms with Crippen molar-refractivity contribution in [3.63, 3.8) is 0 Å². The van der Waals surface area contributed by atoms with Crippen molar-refractivity contribution in [2.45, 2.75) is 6.92 Å². The minimum Gasteiger partial charge on any atom is -0.440 e. The number of allylic oxidation sites excluding steroid dienone is 1. The van der Waals surface area contributed by atoms with E-state index in [0.29, 0.717) is 22.5 Å². The van der Waals surface area contributed by atoms with E-state index >= 15 is 0 Å². The van der Waals surface area contributed by atoms with Crippen LogP contribution in [-0.4, -0.2) is 16.2 Å². The summed E-state index contributed by atoms with van der Waals surface area (Å²) in [6, 6.07) is 3.23. The summed E-state index contributed by atoms with van der Waals surface area (Å²) in [5.74, 6) is 0.983. The highest BCUT2D eigenvalue weighted by Crippen LogP contribution is 2.16. The smallest absolute Gasteiger partial charge is 0.201 e. The van der Waals surface area contributed by atoms with Crippen LogP contribution in [-0.2, 0) is 0 Å². The molecule has 19 heavy (non-hydrogen) atoms. The van der Waals surface area contributed by atoms with Crippen LogP contribution in [0, 0.1) is 6.92 Å². The Morgan fingerprint density at radius 1 is 1.53 bits per heavy atom. The zero-order valence-electron chi connectivity index (χ0n) is 10.8. The van der Waals surface area contributed by atoms with Crippen LogP contribution >= 0.6 is 11.8 Å². The van der Waals surface area contributed by atoms with Crippen LogP contribution in [0.25, 0.3) is 10.9 Å². The van der Waals surface area contributed by atoms with Crippen LogP contribution in [0.4, 0.5) is 0 Å². The fourth-order valence-corrected chi connectivity index (χ4v) is 2.01. The molecule has 2 rings (SSSR count). The van der Waals surface area contributed by atoms with E-state index in [1.807, 2.05) is 24.7 Å². The molecule has 0 fully saturated rings. The molecule has 5 heteroatoms. The fraction of sp³-hybridized carbons (Fsp3) is 0.143. The van der Waals surface area contributed by atoms with Crippen molar-refractivity contribution < 1.29 is 4.74 Å². The van der Waals surface area contributed by atoms with Gasteiger partial charge >= 0.3 is 0 Å². The van der Waals surface area contributed by atoms with Crippen molar-refractivity contribution in [2.24, 2.45) is 0 Å². The lowest BCUT2D eigenvalue weighted by atomic mass is 10.2. The lowest BCUT2D eigenvalue weighted by molar-refractivity contribution is 0.430. The Labute approximate surface area is 115 Å². The molecule has 2 heterocycles. The van der Waals surface area contributed by atoms with E-state index in [4.69, 9.17) is 4.74 Å². The van der Waals surface area contributed by atoms with Crippen LogP contribution in [0.5, 0.6) is 5.88 Å². The predicted molar refractivity (Wildman–Crippen MR) is 79.5 cm³/mol. The van der Waals surface area contributed by atoms with Gasteiger partial charge in [-0.05, 0) is 25.3 Å². The molecule has 0 spiro atoms. The number of aryl methyl sites for hydroxylation is 1. The third-order valence-corrected chi connectivity index (χ3v) is 2.96. The molecular weight excluding hydrogens is 260 g/mol. The highest BCUT2D eigenvalue weighted by Gasteiger charge is 2.05. The summed E-state index contributed by atoms with van der Waals surface area (Å²) in [5.41, 5.74) is 1.43. The fourth-order valence-electron chi connectivity index (χ4n) is 1.64. The Kier molecular flexibility index (Phi) is 4.06. The van der Waals surface area contributed by atoms with Gasteiger partial charge in [0.05, 0.1) is 10.9 Å². The van der Waals surface area contributed by atoms with E-state index in [9.17, 15) is 4.79 Å². The summed E-state index contributed by atoms with van der Waals surface area (Å²) >= 11 is 1.50. The molecule has 0 aliphatic carbocycles. The molecule has 0 aliphatic rings. The second-order valence-electron chi connectivity index (χ2n) is 3.93. The Morgan fingerprint density at radius 3 is 3.00 bits per heavy atom. The summed E-state index contributed by atoms with van der Waals surface area (Å²) in [6.07, 6.45) is 5.08. The molecule has 1 N–H and O–H groups in total. The highest BCUT2D eigenvalue weighted by molar-refractivity contribution is 8.01. The van der Waals surface area contributed by atoms with E-state index in [2.05, 4.69) is 16.5 Å². The Morgan fingerprint density at radius 2 is 2.32 bits per heavy atom. The Bertz CT molecular complexity index is 704. The number of nitrogens with zero attached hydrogens (tertiary/aromatic N) is 1. The first-order chi connectivity index (χ1) is 9.13. The predicted octanol–water partition coefficient (Wildman–Crippen LogP) is 3.00. The first-order valence-corrected chi connectivity index (χ1v) is 6.96. The van der Waals surface area contributed by atoms with Crippen molar-refractivity contribution in [3.8, 4) is 5.88 Å². The van der Waals surface area contributed by atoms with Gasteiger partial charge in [0, 0.05) is 23.4 Å². The van der Waals surface area contributed by atoms with Crippen LogP contribution in [0.1, 0.15) is 5.69 Å². The monoisotopic (exact) mass is 274 g/mol. The average Bonchev–Trinajstić information content (AvgIpc) is 2.37. The average molecular weight is 274 g/mol. The number of ether oxygens (including phenoxy) is 1. The van der Waals surface area contributed by atoms with Gasteiger partial charge < -0.3 is 9.72 Å². The minimum atomic E-state index is -0.121. The molecule has 0 bridgehead atoms. The van der Waals surface area contributed by atoms with E-state index in [1.54, 1.807) is 12.3 Å². The van der Waals surface area contributed by atoms with Gasteiger partial charge in [0.25, 0.3) is 0 Å². The van der Waals surface area contributed by atoms with Gasteiger partial charge in [-0.25, -0.2) is 0 Å². The Hall–Kier alpha value is -2.01. The molecule has 2 aromatic heterocycles. The largest absolute Gasteiger partial charge is 0.440 e. The number of thioether (sulfide) groups is 1. The zero-order valence-corrected chi connectivity index (χ0v) is 11.6. The number of aromatic amines is 1. The van der Waals surface area contributed by atoms with Gasteiger partial charge in [0.2, 0.25) is 5.88 Å². The molecule has 0 amide bonds. The molecule has 4 nitrogen and oxygen atoms in total. The summed E-state index contributed by atoms with van der Waals surface area (Å²) < 4.78 is 5.58. The standard InChI is InChI=1S/C14H14N2O2S/c1-4-10(8-19-3)18-14-6-13(17)11-7-15-9(2)5-12(11)16-14/h4-8H,1H2,2-3H3,(H,16,17)/b10-8+. The third kappa shape index (κ3) is 3.06. The van der Waals surface area contributed by atoms with Gasteiger partial charge in [-0.15, -0.1) is 11.8 Å². The SMILES string of the molecule is C=C/C(=C\SC)Oc1cc(=O)c2cnc(C)cc2[nH]1. The minimum absolute atomic E-state index is 0.121. The summed E-state index contributed by atoms with van der Waals surface area (Å²) in [4.78, 5) is 19.1. The first-order valence-electron chi connectivity index (χ1n) is 5.67. The van der Waals surface area contributed by atoms with Gasteiger partial charge in [-0.1, -0.05) is 6.58 Å². The van der Waals surface area contributed by atoms with Crippen LogP contribution in [0.3, 0.4) is 0 Å².